The molecule has 7 nitrogen and oxygen atoms in total. The van der Waals surface area contributed by atoms with Crippen molar-refractivity contribution in [3.05, 3.63) is 64.2 Å². The molecule has 2 amide bonds. The third kappa shape index (κ3) is 5.40. The Bertz CT molecular complexity index is 1290. The van der Waals surface area contributed by atoms with Crippen LogP contribution in [0, 0.1) is 17.6 Å². The smallest absolute Gasteiger partial charge is 0.254 e. The van der Waals surface area contributed by atoms with Gasteiger partial charge in [-0.1, -0.05) is 17.7 Å². The Morgan fingerprint density at radius 1 is 1.14 bits per heavy atom. The van der Waals surface area contributed by atoms with E-state index in [0.29, 0.717) is 12.8 Å². The Morgan fingerprint density at radius 3 is 2.53 bits per heavy atom. The second-order valence-corrected chi connectivity index (χ2v) is 11.9. The Labute approximate surface area is 213 Å². The lowest BCUT2D eigenvalue weighted by Gasteiger charge is -2.30. The number of nitrogens with one attached hydrogen (secondary N) is 1. The topological polar surface area (TPSA) is 104 Å². The zero-order chi connectivity index (χ0) is 26.2. The van der Waals surface area contributed by atoms with Crippen molar-refractivity contribution < 1.29 is 31.9 Å². The quantitative estimate of drug-likeness (QED) is 0.498. The molecule has 3 atom stereocenters. The Hall–Kier alpha value is -2.56. The fourth-order valence-corrected chi connectivity index (χ4v) is 5.92. The van der Waals surface area contributed by atoms with Crippen LogP contribution >= 0.6 is 11.6 Å². The van der Waals surface area contributed by atoms with Crippen LogP contribution in [0.25, 0.3) is 0 Å². The van der Waals surface area contributed by atoms with Crippen molar-refractivity contribution in [3.8, 4) is 0 Å². The van der Waals surface area contributed by atoms with Gasteiger partial charge in [-0.05, 0) is 68.9 Å². The van der Waals surface area contributed by atoms with Crippen LogP contribution in [0.4, 0.5) is 8.78 Å². The number of sulfone groups is 1. The molecule has 1 saturated heterocycles. The van der Waals surface area contributed by atoms with Gasteiger partial charge in [-0.2, -0.15) is 0 Å². The molecule has 2 aromatic carbocycles. The van der Waals surface area contributed by atoms with E-state index in [9.17, 15) is 26.8 Å². The number of carbonyl (C=O) groups is 2. The van der Waals surface area contributed by atoms with Gasteiger partial charge < -0.3 is 15.3 Å². The number of nitrogens with zero attached hydrogens (tertiary/aromatic N) is 1. The van der Waals surface area contributed by atoms with Crippen LogP contribution < -0.4 is 5.32 Å². The molecule has 0 radical (unpaired) electrons. The number of carbonyl (C=O) groups excluding carboxylic acids is 2. The molecule has 1 saturated carbocycles. The zero-order valence-electron chi connectivity index (χ0n) is 19.6. The molecule has 0 bridgehead atoms. The minimum absolute atomic E-state index is 0.0125. The van der Waals surface area contributed by atoms with Crippen LogP contribution in [0.15, 0.2) is 41.3 Å². The number of rotatable bonds is 8. The van der Waals surface area contributed by atoms with Gasteiger partial charge in [-0.15, -0.1) is 0 Å². The summed E-state index contributed by atoms with van der Waals surface area (Å²) < 4.78 is 53.4. The first-order valence-electron chi connectivity index (χ1n) is 11.7. The standard InChI is InChI=1S/C25H27ClF2N2O5S/c1-14-5-8-22(30(14)25(33)16-3-2-4-17(11-16)36(34,35)10-9-31)24(32)29-23(15-6-7-15)18-12-21(28)19(26)13-20(18)27/h2-4,11-15,22-23,31H,5-10H2,1H3,(H,29,32)/t14-,22-,23-/m1/s1. The van der Waals surface area contributed by atoms with Gasteiger partial charge in [0, 0.05) is 17.2 Å². The summed E-state index contributed by atoms with van der Waals surface area (Å²) in [7, 11) is -3.77. The summed E-state index contributed by atoms with van der Waals surface area (Å²) in [6.45, 7) is 1.25. The highest BCUT2D eigenvalue weighted by Gasteiger charge is 2.42. The van der Waals surface area contributed by atoms with E-state index in [1.807, 2.05) is 0 Å². The van der Waals surface area contributed by atoms with Crippen LogP contribution in [0.5, 0.6) is 0 Å². The van der Waals surface area contributed by atoms with Gasteiger partial charge in [0.05, 0.1) is 28.3 Å². The summed E-state index contributed by atoms with van der Waals surface area (Å²) in [5, 5.41) is 11.5. The lowest BCUT2D eigenvalue weighted by Crippen LogP contribution is -2.49. The summed E-state index contributed by atoms with van der Waals surface area (Å²) in [6.07, 6.45) is 2.40. The molecule has 1 heterocycles. The molecule has 0 unspecified atom stereocenters. The molecule has 36 heavy (non-hydrogen) atoms. The lowest BCUT2D eigenvalue weighted by molar-refractivity contribution is -0.126. The predicted molar refractivity (Wildman–Crippen MR) is 129 cm³/mol. The van der Waals surface area contributed by atoms with Crippen molar-refractivity contribution in [3.63, 3.8) is 0 Å². The number of halogens is 3. The number of likely N-dealkylation sites (tertiary alicyclic amines) is 1. The second-order valence-electron chi connectivity index (χ2n) is 9.34. The fourth-order valence-electron chi connectivity index (χ4n) is 4.70. The van der Waals surface area contributed by atoms with E-state index in [2.05, 4.69) is 5.32 Å². The molecule has 2 N–H and O–H groups in total. The minimum atomic E-state index is -3.77. The summed E-state index contributed by atoms with van der Waals surface area (Å²) in [5.41, 5.74) is 0.114. The molecule has 0 aromatic heterocycles. The normalized spacial score (nSPS) is 20.9. The largest absolute Gasteiger partial charge is 0.395 e. The van der Waals surface area contributed by atoms with Crippen LogP contribution in [-0.2, 0) is 14.6 Å². The van der Waals surface area contributed by atoms with E-state index in [4.69, 9.17) is 16.7 Å². The number of aliphatic hydroxyl groups excluding tert-OH is 1. The summed E-state index contributed by atoms with van der Waals surface area (Å²) in [6, 6.07) is 5.48. The van der Waals surface area contributed by atoms with Crippen molar-refractivity contribution in [1.82, 2.24) is 10.2 Å². The molecule has 4 rings (SSSR count). The number of amides is 2. The first kappa shape index (κ1) is 26.5. The SMILES string of the molecule is C[C@@H]1CC[C@H](C(=O)N[C@@H](c2cc(F)c(Cl)cc2F)C2CC2)N1C(=O)c1cccc(S(=O)(=O)CCO)c1. The summed E-state index contributed by atoms with van der Waals surface area (Å²) >= 11 is 5.68. The molecular formula is C25H27ClF2N2O5S. The molecule has 2 fully saturated rings. The highest BCUT2D eigenvalue weighted by atomic mass is 35.5. The number of aliphatic hydroxyl groups is 1. The highest BCUT2D eigenvalue weighted by molar-refractivity contribution is 7.91. The van der Waals surface area contributed by atoms with E-state index in [-0.39, 0.29) is 33.0 Å². The van der Waals surface area contributed by atoms with Crippen molar-refractivity contribution in [2.75, 3.05) is 12.4 Å². The van der Waals surface area contributed by atoms with Gasteiger partial charge in [0.25, 0.3) is 5.91 Å². The average Bonchev–Trinajstić information content (AvgIpc) is 3.60. The average molecular weight is 541 g/mol. The van der Waals surface area contributed by atoms with Crippen molar-refractivity contribution in [2.24, 2.45) is 5.92 Å². The van der Waals surface area contributed by atoms with Gasteiger partial charge in [0.1, 0.15) is 17.7 Å². The van der Waals surface area contributed by atoms with Crippen LogP contribution in [0.1, 0.15) is 54.6 Å². The molecule has 2 aromatic rings. The van der Waals surface area contributed by atoms with E-state index in [1.54, 1.807) is 6.92 Å². The Kier molecular flexibility index (Phi) is 7.68. The zero-order valence-corrected chi connectivity index (χ0v) is 21.2. The first-order valence-corrected chi connectivity index (χ1v) is 13.8. The molecular weight excluding hydrogens is 514 g/mol. The number of benzene rings is 2. The monoisotopic (exact) mass is 540 g/mol. The molecule has 2 aliphatic rings. The van der Waals surface area contributed by atoms with Crippen molar-refractivity contribution >= 4 is 33.3 Å². The van der Waals surface area contributed by atoms with Gasteiger partial charge in [0.15, 0.2) is 9.84 Å². The van der Waals surface area contributed by atoms with Gasteiger partial charge in [-0.25, -0.2) is 17.2 Å². The predicted octanol–water partition coefficient (Wildman–Crippen LogP) is 3.64. The van der Waals surface area contributed by atoms with Crippen LogP contribution in [-0.4, -0.2) is 54.7 Å². The van der Waals surface area contributed by atoms with E-state index >= 15 is 0 Å². The Morgan fingerprint density at radius 2 is 1.86 bits per heavy atom. The molecule has 11 heteroatoms. The lowest BCUT2D eigenvalue weighted by atomic mass is 10.0. The second kappa shape index (κ2) is 10.4. The third-order valence-electron chi connectivity index (χ3n) is 6.77. The van der Waals surface area contributed by atoms with Crippen LogP contribution in [0.2, 0.25) is 5.02 Å². The van der Waals surface area contributed by atoms with Crippen molar-refractivity contribution in [1.29, 1.82) is 0 Å². The highest BCUT2D eigenvalue weighted by Crippen LogP contribution is 2.43. The maximum absolute atomic E-state index is 14.6. The van der Waals surface area contributed by atoms with Crippen molar-refractivity contribution in [2.45, 2.75) is 55.6 Å². The molecule has 1 aliphatic carbocycles. The number of hydrogen-bond acceptors (Lipinski definition) is 5. The molecule has 1 aliphatic heterocycles. The van der Waals surface area contributed by atoms with Gasteiger partial charge in [-0.3, -0.25) is 9.59 Å². The van der Waals surface area contributed by atoms with E-state index in [1.165, 1.54) is 29.2 Å². The maximum Gasteiger partial charge on any atom is 0.254 e. The first-order chi connectivity index (χ1) is 17.0. The van der Waals surface area contributed by atoms with Gasteiger partial charge in [0.2, 0.25) is 5.91 Å². The van der Waals surface area contributed by atoms with E-state index < -0.39 is 57.7 Å². The van der Waals surface area contributed by atoms with Gasteiger partial charge >= 0.3 is 0 Å². The molecule has 194 valence electrons. The number of hydrogen-bond donors (Lipinski definition) is 2. The fraction of sp³-hybridized carbons (Fsp3) is 0.440. The Balaban J connectivity index is 1.58. The minimum Gasteiger partial charge on any atom is -0.395 e. The maximum atomic E-state index is 14.6. The molecule has 0 spiro atoms. The van der Waals surface area contributed by atoms with Crippen LogP contribution in [0.3, 0.4) is 0 Å². The summed E-state index contributed by atoms with van der Waals surface area (Å²) in [5.74, 6) is -3.01. The summed E-state index contributed by atoms with van der Waals surface area (Å²) in [4.78, 5) is 28.1. The van der Waals surface area contributed by atoms with E-state index in [0.717, 1.165) is 25.0 Å². The third-order valence-corrected chi connectivity index (χ3v) is 8.75.